The summed E-state index contributed by atoms with van der Waals surface area (Å²) in [6.45, 7) is 1.47. The highest BCUT2D eigenvalue weighted by atomic mass is 16.6. The maximum atomic E-state index is 11.6. The van der Waals surface area contributed by atoms with Gasteiger partial charge in [-0.1, -0.05) is 24.3 Å². The molecule has 2 heterocycles. The van der Waals surface area contributed by atoms with Crippen LogP contribution in [0, 0.1) is 0 Å². The molecule has 106 valence electrons. The lowest BCUT2D eigenvalue weighted by Crippen LogP contribution is -2.02. The molecule has 1 N–H and O–H groups in total. The average molecular weight is 284 g/mol. The van der Waals surface area contributed by atoms with Crippen molar-refractivity contribution in [2.75, 3.05) is 0 Å². The number of hydrogen-bond donors (Lipinski definition) is 1. The predicted molar refractivity (Wildman–Crippen MR) is 73.5 cm³/mol. The lowest BCUT2D eigenvalue weighted by molar-refractivity contribution is -0.142. The van der Waals surface area contributed by atoms with E-state index in [9.17, 15) is 14.7 Å². The molecule has 0 saturated heterocycles. The van der Waals surface area contributed by atoms with Gasteiger partial charge in [-0.25, -0.2) is 4.79 Å². The normalized spacial score (nSPS) is 18.0. The van der Waals surface area contributed by atoms with Gasteiger partial charge in [-0.15, -0.1) is 0 Å². The minimum atomic E-state index is -0.790. The molecule has 0 spiro atoms. The molecular formula is C16H12O5. The first-order valence-electron chi connectivity index (χ1n) is 6.37. The molecule has 21 heavy (non-hydrogen) atoms. The number of benzene rings is 1. The molecule has 0 bridgehead atoms. The Morgan fingerprint density at radius 3 is 2.48 bits per heavy atom. The Balaban J connectivity index is 2.04. The molecule has 1 aromatic heterocycles. The average Bonchev–Trinajstić information content (AvgIpc) is 3.09. The number of furan rings is 1. The molecule has 5 heteroatoms. The van der Waals surface area contributed by atoms with E-state index in [0.29, 0.717) is 22.5 Å². The van der Waals surface area contributed by atoms with E-state index in [4.69, 9.17) is 9.15 Å². The zero-order valence-corrected chi connectivity index (χ0v) is 11.2. The molecule has 1 atom stereocenters. The second-order valence-corrected chi connectivity index (χ2v) is 4.70. The quantitative estimate of drug-likeness (QED) is 0.692. The first-order valence-corrected chi connectivity index (χ1v) is 6.37. The monoisotopic (exact) mass is 284 g/mol. The van der Waals surface area contributed by atoms with Crippen molar-refractivity contribution >= 4 is 17.3 Å². The van der Waals surface area contributed by atoms with Crippen LogP contribution in [0.3, 0.4) is 0 Å². The summed E-state index contributed by atoms with van der Waals surface area (Å²) < 4.78 is 10.4. The van der Waals surface area contributed by atoms with Gasteiger partial charge in [0.15, 0.2) is 11.9 Å². The van der Waals surface area contributed by atoms with Gasteiger partial charge < -0.3 is 14.3 Å². The fourth-order valence-electron chi connectivity index (χ4n) is 2.27. The third-order valence-corrected chi connectivity index (χ3v) is 3.34. The van der Waals surface area contributed by atoms with E-state index >= 15 is 0 Å². The van der Waals surface area contributed by atoms with Crippen LogP contribution in [0.15, 0.2) is 52.8 Å². The fraction of sp³-hybridized carbons (Fsp3) is 0.125. The standard InChI is InChI=1S/C16H12O5/c1-9(17)10-4-6-11(7-5-10)13-14(18)16(19)21-15(13)12-3-2-8-20-12/h2-8,15,18H,1H3. The van der Waals surface area contributed by atoms with Crippen molar-refractivity contribution in [1.82, 2.24) is 0 Å². The van der Waals surface area contributed by atoms with Crippen LogP contribution in [0.25, 0.3) is 5.57 Å². The summed E-state index contributed by atoms with van der Waals surface area (Å²) in [6, 6.07) is 9.95. The van der Waals surface area contributed by atoms with Gasteiger partial charge in [0.25, 0.3) is 0 Å². The minimum Gasteiger partial charge on any atom is -0.502 e. The van der Waals surface area contributed by atoms with Crippen LogP contribution in [0.2, 0.25) is 0 Å². The van der Waals surface area contributed by atoms with Crippen molar-refractivity contribution in [2.24, 2.45) is 0 Å². The lowest BCUT2D eigenvalue weighted by atomic mass is 9.97. The number of ether oxygens (including phenoxy) is 1. The summed E-state index contributed by atoms with van der Waals surface area (Å²) in [5, 5.41) is 9.96. The number of carbonyl (C=O) groups is 2. The third kappa shape index (κ3) is 2.23. The summed E-state index contributed by atoms with van der Waals surface area (Å²) in [5.41, 5.74) is 1.49. The molecule has 5 nitrogen and oxygen atoms in total. The Bertz CT molecular complexity index is 723. The van der Waals surface area contributed by atoms with Crippen LogP contribution < -0.4 is 0 Å². The first kappa shape index (κ1) is 13.2. The molecule has 0 aliphatic carbocycles. The number of esters is 1. The summed E-state index contributed by atoms with van der Waals surface area (Å²) in [7, 11) is 0. The highest BCUT2D eigenvalue weighted by Crippen LogP contribution is 2.40. The topological polar surface area (TPSA) is 76.7 Å². The number of rotatable bonds is 3. The van der Waals surface area contributed by atoms with Crippen LogP contribution >= 0.6 is 0 Å². The van der Waals surface area contributed by atoms with Gasteiger partial charge in [0.05, 0.1) is 11.8 Å². The summed E-state index contributed by atoms with van der Waals surface area (Å²) in [4.78, 5) is 22.9. The van der Waals surface area contributed by atoms with Gasteiger partial charge in [-0.05, 0) is 24.6 Å². The van der Waals surface area contributed by atoms with Crippen LogP contribution in [0.4, 0.5) is 0 Å². The molecule has 1 aliphatic rings. The van der Waals surface area contributed by atoms with E-state index in [0.717, 1.165) is 0 Å². The number of aliphatic hydroxyl groups excluding tert-OH is 1. The fourth-order valence-corrected chi connectivity index (χ4v) is 2.27. The van der Waals surface area contributed by atoms with E-state index in [1.807, 2.05) is 0 Å². The zero-order valence-electron chi connectivity index (χ0n) is 11.2. The number of Topliss-reactive ketones (excluding diaryl/α,β-unsaturated/α-hetero) is 1. The second kappa shape index (κ2) is 4.94. The molecule has 2 aromatic rings. The van der Waals surface area contributed by atoms with E-state index in [1.165, 1.54) is 13.2 Å². The summed E-state index contributed by atoms with van der Waals surface area (Å²) in [6.07, 6.45) is 0.685. The second-order valence-electron chi connectivity index (χ2n) is 4.70. The Morgan fingerprint density at radius 1 is 1.19 bits per heavy atom. The Hall–Kier alpha value is -2.82. The van der Waals surface area contributed by atoms with Crippen LogP contribution in [-0.4, -0.2) is 16.9 Å². The van der Waals surface area contributed by atoms with Crippen molar-refractivity contribution in [2.45, 2.75) is 13.0 Å². The van der Waals surface area contributed by atoms with Gasteiger partial charge >= 0.3 is 5.97 Å². The molecular weight excluding hydrogens is 272 g/mol. The Morgan fingerprint density at radius 2 is 1.90 bits per heavy atom. The van der Waals surface area contributed by atoms with Gasteiger partial charge in [0, 0.05) is 5.56 Å². The molecule has 1 aliphatic heterocycles. The minimum absolute atomic E-state index is 0.0546. The molecule has 0 saturated carbocycles. The highest BCUT2D eigenvalue weighted by molar-refractivity contribution is 6.01. The number of carbonyl (C=O) groups excluding carboxylic acids is 2. The molecule has 1 aromatic carbocycles. The van der Waals surface area contributed by atoms with Crippen molar-refractivity contribution in [3.05, 3.63) is 65.3 Å². The molecule has 0 fully saturated rings. The number of aliphatic hydroxyl groups is 1. The van der Waals surface area contributed by atoms with Gasteiger partial charge in [0.1, 0.15) is 5.76 Å². The smallest absolute Gasteiger partial charge is 0.374 e. The van der Waals surface area contributed by atoms with Crippen LogP contribution in [0.5, 0.6) is 0 Å². The van der Waals surface area contributed by atoms with E-state index in [-0.39, 0.29) is 5.78 Å². The van der Waals surface area contributed by atoms with Gasteiger partial charge in [0.2, 0.25) is 5.76 Å². The maximum Gasteiger partial charge on any atom is 0.374 e. The lowest BCUT2D eigenvalue weighted by Gasteiger charge is -2.11. The predicted octanol–water partition coefficient (Wildman–Crippen LogP) is 3.05. The number of cyclic esters (lactones) is 1. The van der Waals surface area contributed by atoms with Crippen molar-refractivity contribution in [3.63, 3.8) is 0 Å². The van der Waals surface area contributed by atoms with E-state index < -0.39 is 17.8 Å². The Kier molecular flexibility index (Phi) is 3.10. The van der Waals surface area contributed by atoms with E-state index in [2.05, 4.69) is 0 Å². The molecule has 1 unspecified atom stereocenters. The molecule has 0 radical (unpaired) electrons. The SMILES string of the molecule is CC(=O)c1ccc(C2=C(O)C(=O)OC2c2ccco2)cc1. The molecule has 3 rings (SSSR count). The summed E-state index contributed by atoms with van der Waals surface area (Å²) >= 11 is 0. The largest absolute Gasteiger partial charge is 0.502 e. The third-order valence-electron chi connectivity index (χ3n) is 3.34. The van der Waals surface area contributed by atoms with E-state index in [1.54, 1.807) is 36.4 Å². The number of ketones is 1. The van der Waals surface area contributed by atoms with Crippen molar-refractivity contribution in [1.29, 1.82) is 0 Å². The first-order chi connectivity index (χ1) is 10.1. The highest BCUT2D eigenvalue weighted by Gasteiger charge is 2.37. The van der Waals surface area contributed by atoms with Crippen molar-refractivity contribution < 1.29 is 23.8 Å². The summed E-state index contributed by atoms with van der Waals surface area (Å²) in [5.74, 6) is -0.854. The van der Waals surface area contributed by atoms with Crippen molar-refractivity contribution in [3.8, 4) is 0 Å². The maximum absolute atomic E-state index is 11.6. The van der Waals surface area contributed by atoms with Crippen LogP contribution in [-0.2, 0) is 9.53 Å². The van der Waals surface area contributed by atoms with Gasteiger partial charge in [-0.3, -0.25) is 4.79 Å². The Labute approximate surface area is 120 Å². The van der Waals surface area contributed by atoms with Gasteiger partial charge in [-0.2, -0.15) is 0 Å². The van der Waals surface area contributed by atoms with Crippen LogP contribution in [0.1, 0.15) is 34.7 Å². The zero-order chi connectivity index (χ0) is 15.0. The number of hydrogen-bond acceptors (Lipinski definition) is 5. The molecule has 0 amide bonds.